The van der Waals surface area contributed by atoms with Gasteiger partial charge >= 0.3 is 12.1 Å². The summed E-state index contributed by atoms with van der Waals surface area (Å²) in [5.41, 5.74) is 2.82. The summed E-state index contributed by atoms with van der Waals surface area (Å²) < 4.78 is 48.0. The maximum Gasteiger partial charge on any atom is 0.416 e. The fourth-order valence-corrected chi connectivity index (χ4v) is 6.46. The van der Waals surface area contributed by atoms with Gasteiger partial charge in [0.15, 0.2) is 0 Å². The summed E-state index contributed by atoms with van der Waals surface area (Å²) in [6.45, 7) is 4.47. The van der Waals surface area contributed by atoms with Crippen molar-refractivity contribution >= 4 is 17.6 Å². The number of halogens is 3. The van der Waals surface area contributed by atoms with Crippen LogP contribution in [0.1, 0.15) is 94.4 Å². The molecule has 3 fully saturated rings. The molecule has 1 saturated carbocycles. The van der Waals surface area contributed by atoms with Crippen LogP contribution in [0.25, 0.3) is 0 Å². The van der Waals surface area contributed by atoms with E-state index in [9.17, 15) is 22.8 Å². The highest BCUT2D eigenvalue weighted by atomic mass is 19.4. The van der Waals surface area contributed by atoms with Crippen molar-refractivity contribution in [2.24, 2.45) is 0 Å². The summed E-state index contributed by atoms with van der Waals surface area (Å²) >= 11 is 0. The molecule has 6 rings (SSSR count). The second-order valence-corrected chi connectivity index (χ2v) is 11.5. The zero-order chi connectivity index (χ0) is 29.4. The Balaban J connectivity index is 1.13. The highest BCUT2D eigenvalue weighted by molar-refractivity contribution is 5.95. The van der Waals surface area contributed by atoms with Crippen LogP contribution in [0.15, 0.2) is 54.7 Å². The minimum Gasteiger partial charge on any atom is -0.462 e. The number of aromatic nitrogens is 2. The Hall–Kier alpha value is -3.82. The highest BCUT2D eigenvalue weighted by Crippen LogP contribution is 2.44. The van der Waals surface area contributed by atoms with Crippen molar-refractivity contribution in [2.45, 2.75) is 63.1 Å². The van der Waals surface area contributed by atoms with Crippen LogP contribution in [-0.4, -0.2) is 59.3 Å². The van der Waals surface area contributed by atoms with Gasteiger partial charge in [0.2, 0.25) is 0 Å². The molecule has 3 aliphatic rings. The molecule has 0 bridgehead atoms. The number of ether oxygens (including phenoxy) is 1. The third-order valence-electron chi connectivity index (χ3n) is 8.76. The van der Waals surface area contributed by atoms with Crippen LogP contribution < -0.4 is 4.90 Å². The molecule has 1 aromatic heterocycles. The number of amides is 1. The maximum atomic E-state index is 13.7. The number of esters is 1. The molecule has 1 atom stereocenters. The number of likely N-dealkylation sites (tertiary alicyclic amines) is 1. The van der Waals surface area contributed by atoms with Crippen LogP contribution in [-0.2, 0) is 10.9 Å². The summed E-state index contributed by atoms with van der Waals surface area (Å²) in [5.74, 6) is -0.504. The minimum absolute atomic E-state index is 0.130. The number of hydrogen-bond acceptors (Lipinski definition) is 5. The lowest BCUT2D eigenvalue weighted by Gasteiger charge is -2.34. The molecule has 1 aliphatic carbocycles. The largest absolute Gasteiger partial charge is 0.462 e. The van der Waals surface area contributed by atoms with E-state index in [1.807, 2.05) is 12.1 Å². The van der Waals surface area contributed by atoms with E-state index in [-0.39, 0.29) is 35.9 Å². The third kappa shape index (κ3) is 5.63. The van der Waals surface area contributed by atoms with Crippen LogP contribution >= 0.6 is 0 Å². The number of nitrogens with zero attached hydrogens (tertiary/aromatic N) is 4. The average Bonchev–Trinajstić information content (AvgIpc) is 3.54. The molecular formula is C32H35F3N4O3. The first kappa shape index (κ1) is 28.3. The van der Waals surface area contributed by atoms with E-state index >= 15 is 0 Å². The molecule has 2 saturated heterocycles. The molecule has 0 spiro atoms. The zero-order valence-corrected chi connectivity index (χ0v) is 23.6. The first-order valence-electron chi connectivity index (χ1n) is 14.8. The highest BCUT2D eigenvalue weighted by Gasteiger charge is 2.40. The molecule has 1 unspecified atom stereocenters. The van der Waals surface area contributed by atoms with Crippen LogP contribution in [0, 0.1) is 0 Å². The van der Waals surface area contributed by atoms with Gasteiger partial charge in [0, 0.05) is 43.7 Å². The second kappa shape index (κ2) is 11.5. The van der Waals surface area contributed by atoms with Gasteiger partial charge in [-0.1, -0.05) is 18.2 Å². The lowest BCUT2D eigenvalue weighted by molar-refractivity contribution is -0.138. The maximum absolute atomic E-state index is 13.7. The van der Waals surface area contributed by atoms with E-state index in [0.29, 0.717) is 36.6 Å². The van der Waals surface area contributed by atoms with Crippen molar-refractivity contribution in [3.63, 3.8) is 0 Å². The van der Waals surface area contributed by atoms with E-state index in [0.717, 1.165) is 56.2 Å². The molecular weight excluding hydrogens is 545 g/mol. The third-order valence-corrected chi connectivity index (χ3v) is 8.76. The first-order valence-corrected chi connectivity index (χ1v) is 14.8. The molecule has 1 amide bonds. The molecule has 0 radical (unpaired) electrons. The number of alkyl halides is 3. The lowest BCUT2D eigenvalue weighted by atomic mass is 9.93. The number of benzene rings is 2. The van der Waals surface area contributed by atoms with Crippen LogP contribution in [0.2, 0.25) is 0 Å². The van der Waals surface area contributed by atoms with Crippen molar-refractivity contribution in [1.29, 1.82) is 0 Å². The van der Waals surface area contributed by atoms with Gasteiger partial charge in [-0.05, 0) is 74.9 Å². The van der Waals surface area contributed by atoms with Crippen molar-refractivity contribution in [3.05, 3.63) is 82.7 Å². The molecule has 3 heterocycles. The Morgan fingerprint density at radius 1 is 0.929 bits per heavy atom. The minimum atomic E-state index is -4.42. The van der Waals surface area contributed by atoms with Crippen LogP contribution in [0.5, 0.6) is 0 Å². The Morgan fingerprint density at radius 2 is 1.64 bits per heavy atom. The number of carbonyl (C=O) groups is 2. The van der Waals surface area contributed by atoms with E-state index in [4.69, 9.17) is 9.84 Å². The average molecular weight is 581 g/mol. The lowest BCUT2D eigenvalue weighted by Crippen LogP contribution is -2.35. The van der Waals surface area contributed by atoms with Gasteiger partial charge in [0.05, 0.1) is 41.2 Å². The Bertz CT molecular complexity index is 1440. The predicted octanol–water partition coefficient (Wildman–Crippen LogP) is 6.43. The molecule has 2 aromatic carbocycles. The summed E-state index contributed by atoms with van der Waals surface area (Å²) in [6, 6.07) is 13.4. The Labute approximate surface area is 243 Å². The van der Waals surface area contributed by atoms with Gasteiger partial charge in [-0.25, -0.2) is 4.79 Å². The second-order valence-electron chi connectivity index (χ2n) is 11.5. The van der Waals surface area contributed by atoms with E-state index < -0.39 is 11.7 Å². The topological polar surface area (TPSA) is 67.7 Å². The molecule has 7 nitrogen and oxygen atoms in total. The number of hydrogen-bond donors (Lipinski definition) is 0. The number of anilines is 1. The summed E-state index contributed by atoms with van der Waals surface area (Å²) in [5, 5.41) is 4.71. The number of carbonyl (C=O) groups excluding carboxylic acids is 2. The van der Waals surface area contributed by atoms with Gasteiger partial charge < -0.3 is 14.5 Å². The Kier molecular flexibility index (Phi) is 7.72. The molecule has 3 aromatic rings. The molecule has 222 valence electrons. The van der Waals surface area contributed by atoms with Crippen molar-refractivity contribution in [1.82, 2.24) is 14.7 Å². The standard InChI is InChI=1S/C32H35F3N4O3/c1-2-42-31(41)22-9-11-24(12-10-22)37-17-14-25(15-18-37)39-29(21-7-8-21)27(19-36-39)30(40)38-16-13-23(20-38)26-5-3-4-6-28(26)32(33,34)35/h3-6,9-12,19,21,23,25H,2,7-8,13-18,20H2,1H3. The van der Waals surface area contributed by atoms with Gasteiger partial charge in [-0.3, -0.25) is 9.48 Å². The van der Waals surface area contributed by atoms with E-state index in [1.165, 1.54) is 12.1 Å². The number of piperidine rings is 1. The monoisotopic (exact) mass is 580 g/mol. The summed E-state index contributed by atoms with van der Waals surface area (Å²) in [6.07, 6.45) is 1.52. The quantitative estimate of drug-likeness (QED) is 0.302. The Morgan fingerprint density at radius 3 is 2.31 bits per heavy atom. The van der Waals surface area contributed by atoms with Gasteiger partial charge in [0.25, 0.3) is 5.91 Å². The van der Waals surface area contributed by atoms with Crippen molar-refractivity contribution < 1.29 is 27.5 Å². The zero-order valence-electron chi connectivity index (χ0n) is 23.6. The summed E-state index contributed by atoms with van der Waals surface area (Å²) in [4.78, 5) is 29.7. The smallest absolute Gasteiger partial charge is 0.416 e. The normalized spacial score (nSPS) is 19.8. The van der Waals surface area contributed by atoms with Crippen molar-refractivity contribution in [2.75, 3.05) is 37.7 Å². The van der Waals surface area contributed by atoms with Gasteiger partial charge in [-0.2, -0.15) is 18.3 Å². The van der Waals surface area contributed by atoms with Crippen LogP contribution in [0.4, 0.5) is 18.9 Å². The first-order chi connectivity index (χ1) is 20.2. The molecule has 10 heteroatoms. The number of rotatable bonds is 7. The fourth-order valence-electron chi connectivity index (χ4n) is 6.46. The predicted molar refractivity (Wildman–Crippen MR) is 152 cm³/mol. The van der Waals surface area contributed by atoms with Gasteiger partial charge in [-0.15, -0.1) is 0 Å². The summed E-state index contributed by atoms with van der Waals surface area (Å²) in [7, 11) is 0. The molecule has 0 N–H and O–H groups in total. The SMILES string of the molecule is CCOC(=O)c1ccc(N2CCC(n3ncc(C(=O)N4CCC(c5ccccc5C(F)(F)F)C4)c3C3CC3)CC2)cc1. The fraction of sp³-hybridized carbons (Fsp3) is 0.469. The molecule has 42 heavy (non-hydrogen) atoms. The van der Waals surface area contributed by atoms with Crippen LogP contribution in [0.3, 0.4) is 0 Å². The van der Waals surface area contributed by atoms with E-state index in [2.05, 4.69) is 9.58 Å². The van der Waals surface area contributed by atoms with Crippen molar-refractivity contribution in [3.8, 4) is 0 Å². The van der Waals surface area contributed by atoms with E-state index in [1.54, 1.807) is 36.2 Å². The van der Waals surface area contributed by atoms with Gasteiger partial charge in [0.1, 0.15) is 0 Å². The molecule has 2 aliphatic heterocycles.